The second-order valence-electron chi connectivity index (χ2n) is 3.76. The van der Waals surface area contributed by atoms with Gasteiger partial charge in [0.05, 0.1) is 27.0 Å². The summed E-state index contributed by atoms with van der Waals surface area (Å²) in [7, 11) is 2.67. The van der Waals surface area contributed by atoms with E-state index in [1.165, 1.54) is 37.2 Å². The molecule has 6 nitrogen and oxygen atoms in total. The Hall–Kier alpha value is -2.44. The maximum atomic E-state index is 13.5. The summed E-state index contributed by atoms with van der Waals surface area (Å²) in [4.78, 5) is 11.2. The van der Waals surface area contributed by atoms with E-state index in [0.29, 0.717) is 12.1 Å². The fourth-order valence-electron chi connectivity index (χ4n) is 1.57. The van der Waals surface area contributed by atoms with E-state index in [0.717, 1.165) is 0 Å². The van der Waals surface area contributed by atoms with Crippen LogP contribution >= 0.6 is 0 Å². The summed E-state index contributed by atoms with van der Waals surface area (Å²) >= 11 is 0. The van der Waals surface area contributed by atoms with Crippen molar-refractivity contribution in [2.24, 2.45) is 0 Å². The summed E-state index contributed by atoms with van der Waals surface area (Å²) in [5.74, 6) is -0.835. The molecule has 2 aromatic rings. The number of carbonyl (C=O) groups excluding carboxylic acids is 1. The first-order chi connectivity index (χ1) is 9.13. The van der Waals surface area contributed by atoms with Crippen LogP contribution < -0.4 is 4.74 Å². The van der Waals surface area contributed by atoms with Gasteiger partial charge in [-0.05, 0) is 17.7 Å². The lowest BCUT2D eigenvalue weighted by atomic mass is 10.2. The minimum absolute atomic E-state index is 0.108. The number of halogens is 1. The topological polar surface area (TPSA) is 66.2 Å². The van der Waals surface area contributed by atoms with Crippen molar-refractivity contribution in [1.82, 2.24) is 15.0 Å². The highest BCUT2D eigenvalue weighted by Crippen LogP contribution is 2.18. The highest BCUT2D eigenvalue weighted by atomic mass is 19.1. The van der Waals surface area contributed by atoms with Gasteiger partial charge in [-0.2, -0.15) is 0 Å². The molecule has 1 heterocycles. The number of hydrogen-bond donors (Lipinski definition) is 0. The minimum Gasteiger partial charge on any atom is -0.494 e. The van der Waals surface area contributed by atoms with Gasteiger partial charge in [-0.15, -0.1) is 5.10 Å². The predicted octanol–water partition coefficient (Wildman–Crippen LogP) is 1.26. The Balaban J connectivity index is 2.15. The second-order valence-corrected chi connectivity index (χ2v) is 3.76. The van der Waals surface area contributed by atoms with Crippen molar-refractivity contribution in [3.05, 3.63) is 41.5 Å². The molecule has 0 atom stereocenters. The lowest BCUT2D eigenvalue weighted by molar-refractivity contribution is 0.0594. The first kappa shape index (κ1) is 13.0. The van der Waals surface area contributed by atoms with Gasteiger partial charge in [0, 0.05) is 0 Å². The number of carbonyl (C=O) groups is 1. The zero-order valence-corrected chi connectivity index (χ0v) is 10.5. The molecule has 0 aliphatic carbocycles. The van der Waals surface area contributed by atoms with Gasteiger partial charge in [0.15, 0.2) is 17.3 Å². The van der Waals surface area contributed by atoms with Crippen molar-refractivity contribution >= 4 is 5.97 Å². The van der Waals surface area contributed by atoms with E-state index in [4.69, 9.17) is 4.74 Å². The molecule has 0 aliphatic heterocycles. The van der Waals surface area contributed by atoms with Crippen LogP contribution in [0.25, 0.3) is 0 Å². The van der Waals surface area contributed by atoms with Gasteiger partial charge < -0.3 is 9.47 Å². The molecule has 19 heavy (non-hydrogen) atoms. The highest BCUT2D eigenvalue weighted by molar-refractivity contribution is 5.86. The number of hydrogen-bond acceptors (Lipinski definition) is 5. The van der Waals surface area contributed by atoms with Crippen LogP contribution in [-0.4, -0.2) is 35.2 Å². The van der Waals surface area contributed by atoms with Crippen LogP contribution in [0.1, 0.15) is 16.1 Å². The standard InChI is InChI=1S/C12H12FN3O3/c1-18-11-4-3-8(5-9(11)13)6-16-7-10(14-15-16)12(17)19-2/h3-5,7H,6H2,1-2H3. The largest absolute Gasteiger partial charge is 0.494 e. The Bertz CT molecular complexity index is 598. The molecule has 0 saturated heterocycles. The van der Waals surface area contributed by atoms with Crippen LogP contribution in [0.15, 0.2) is 24.4 Å². The molecule has 0 saturated carbocycles. The average molecular weight is 265 g/mol. The van der Waals surface area contributed by atoms with E-state index >= 15 is 0 Å². The van der Waals surface area contributed by atoms with Crippen molar-refractivity contribution in [2.45, 2.75) is 6.54 Å². The van der Waals surface area contributed by atoms with Crippen LogP contribution in [0.2, 0.25) is 0 Å². The number of methoxy groups -OCH3 is 2. The van der Waals surface area contributed by atoms with Crippen molar-refractivity contribution in [3.8, 4) is 5.75 Å². The van der Waals surface area contributed by atoms with E-state index in [-0.39, 0.29) is 11.4 Å². The lowest BCUT2D eigenvalue weighted by Crippen LogP contribution is -2.02. The fraction of sp³-hybridized carbons (Fsp3) is 0.250. The van der Waals surface area contributed by atoms with Gasteiger partial charge in [-0.25, -0.2) is 13.9 Å². The van der Waals surface area contributed by atoms with Gasteiger partial charge >= 0.3 is 5.97 Å². The highest BCUT2D eigenvalue weighted by Gasteiger charge is 2.11. The van der Waals surface area contributed by atoms with E-state index in [2.05, 4.69) is 15.0 Å². The van der Waals surface area contributed by atoms with Crippen molar-refractivity contribution in [1.29, 1.82) is 0 Å². The Labute approximate surface area is 108 Å². The first-order valence-electron chi connectivity index (χ1n) is 5.45. The lowest BCUT2D eigenvalue weighted by Gasteiger charge is -2.04. The average Bonchev–Trinajstić information content (AvgIpc) is 2.86. The Morgan fingerprint density at radius 1 is 1.42 bits per heavy atom. The molecule has 2 rings (SSSR count). The molecule has 0 fully saturated rings. The van der Waals surface area contributed by atoms with Crippen LogP contribution in [0, 0.1) is 5.82 Å². The maximum absolute atomic E-state index is 13.5. The minimum atomic E-state index is -0.563. The molecule has 0 unspecified atom stereocenters. The van der Waals surface area contributed by atoms with Crippen molar-refractivity contribution in [3.63, 3.8) is 0 Å². The molecule has 0 aliphatic rings. The van der Waals surface area contributed by atoms with Gasteiger partial charge in [0.25, 0.3) is 0 Å². The number of rotatable bonds is 4. The Kier molecular flexibility index (Phi) is 3.74. The number of nitrogens with zero attached hydrogens (tertiary/aromatic N) is 3. The molecule has 0 radical (unpaired) electrons. The summed E-state index contributed by atoms with van der Waals surface area (Å²) in [6, 6.07) is 4.59. The fourth-order valence-corrected chi connectivity index (χ4v) is 1.57. The number of aromatic nitrogens is 3. The zero-order chi connectivity index (χ0) is 13.8. The second kappa shape index (κ2) is 5.47. The molecular formula is C12H12FN3O3. The van der Waals surface area contributed by atoms with Crippen molar-refractivity contribution in [2.75, 3.05) is 14.2 Å². The van der Waals surface area contributed by atoms with Crippen LogP contribution in [-0.2, 0) is 11.3 Å². The molecule has 7 heteroatoms. The molecule has 0 amide bonds. The Morgan fingerprint density at radius 2 is 2.21 bits per heavy atom. The third-order valence-electron chi connectivity index (χ3n) is 2.49. The quantitative estimate of drug-likeness (QED) is 0.779. The summed E-state index contributed by atoms with van der Waals surface area (Å²) in [5, 5.41) is 7.42. The summed E-state index contributed by atoms with van der Waals surface area (Å²) in [6.07, 6.45) is 1.44. The summed E-state index contributed by atoms with van der Waals surface area (Å²) in [5.41, 5.74) is 0.788. The van der Waals surface area contributed by atoms with E-state index < -0.39 is 11.8 Å². The number of ether oxygens (including phenoxy) is 2. The smallest absolute Gasteiger partial charge is 0.360 e. The zero-order valence-electron chi connectivity index (χ0n) is 10.5. The van der Waals surface area contributed by atoms with Gasteiger partial charge in [-0.1, -0.05) is 11.3 Å². The van der Waals surface area contributed by atoms with Gasteiger partial charge in [0.1, 0.15) is 0 Å². The molecule has 0 N–H and O–H groups in total. The van der Waals surface area contributed by atoms with Crippen LogP contribution in [0.5, 0.6) is 5.75 Å². The van der Waals surface area contributed by atoms with Gasteiger partial charge in [0.2, 0.25) is 0 Å². The molecule has 1 aromatic heterocycles. The third kappa shape index (κ3) is 2.87. The normalized spacial score (nSPS) is 10.3. The molecule has 0 bridgehead atoms. The maximum Gasteiger partial charge on any atom is 0.360 e. The van der Waals surface area contributed by atoms with Gasteiger partial charge in [-0.3, -0.25) is 0 Å². The van der Waals surface area contributed by atoms with E-state index in [1.54, 1.807) is 6.07 Å². The number of esters is 1. The third-order valence-corrected chi connectivity index (χ3v) is 2.49. The Morgan fingerprint density at radius 3 is 2.84 bits per heavy atom. The summed E-state index contributed by atoms with van der Waals surface area (Å²) < 4.78 is 24.3. The summed E-state index contributed by atoms with van der Waals surface area (Å²) in [6.45, 7) is 0.297. The molecule has 0 spiro atoms. The van der Waals surface area contributed by atoms with E-state index in [9.17, 15) is 9.18 Å². The van der Waals surface area contributed by atoms with E-state index in [1.807, 2.05) is 0 Å². The molecule has 1 aromatic carbocycles. The number of benzene rings is 1. The first-order valence-corrected chi connectivity index (χ1v) is 5.45. The van der Waals surface area contributed by atoms with Crippen molar-refractivity contribution < 1.29 is 18.7 Å². The molecule has 100 valence electrons. The monoisotopic (exact) mass is 265 g/mol. The van der Waals surface area contributed by atoms with Crippen LogP contribution in [0.3, 0.4) is 0 Å². The predicted molar refractivity (Wildman–Crippen MR) is 63.4 cm³/mol. The molecular weight excluding hydrogens is 253 g/mol. The van der Waals surface area contributed by atoms with Crippen LogP contribution in [0.4, 0.5) is 4.39 Å². The SMILES string of the molecule is COC(=O)c1cn(Cc2ccc(OC)c(F)c2)nn1.